The fourth-order valence-corrected chi connectivity index (χ4v) is 4.68. The molecule has 0 fully saturated rings. The van der Waals surface area contributed by atoms with E-state index in [-0.39, 0.29) is 16.5 Å². The van der Waals surface area contributed by atoms with E-state index < -0.39 is 15.8 Å². The largest absolute Gasteiger partial charge is 0.381 e. The van der Waals surface area contributed by atoms with Crippen LogP contribution in [0.15, 0.2) is 34.8 Å². The topological polar surface area (TPSA) is 89.5 Å². The molecule has 0 radical (unpaired) electrons. The lowest BCUT2D eigenvalue weighted by atomic mass is 10.3. The number of benzene rings is 1. The number of nitrogen functional groups attached to an aromatic ring is 1. The molecular weight excluding hydrogens is 430 g/mol. The van der Waals surface area contributed by atoms with Crippen molar-refractivity contribution in [3.05, 3.63) is 39.2 Å². The van der Waals surface area contributed by atoms with Crippen LogP contribution in [0.25, 0.3) is 4.96 Å². The molecule has 0 saturated heterocycles. The Morgan fingerprint density at radius 2 is 2.19 bits per heavy atom. The summed E-state index contributed by atoms with van der Waals surface area (Å²) in [6.45, 7) is 0. The van der Waals surface area contributed by atoms with Crippen LogP contribution in [0, 0.1) is 9.39 Å². The quantitative estimate of drug-likeness (QED) is 0.616. The third-order valence-corrected chi connectivity index (χ3v) is 5.73. The van der Waals surface area contributed by atoms with Crippen LogP contribution in [0.2, 0.25) is 0 Å². The SMILES string of the molecule is Nc1nc2sccn2c1S(=O)(=O)Nc1ccc(F)cc1I. The summed E-state index contributed by atoms with van der Waals surface area (Å²) in [7, 11) is -3.93. The number of halogens is 2. The highest BCUT2D eigenvalue weighted by Gasteiger charge is 2.25. The predicted octanol–water partition coefficient (Wildman–Crippen LogP) is 2.52. The van der Waals surface area contributed by atoms with Gasteiger partial charge >= 0.3 is 0 Å². The molecule has 0 atom stereocenters. The summed E-state index contributed by atoms with van der Waals surface area (Å²) < 4.78 is 42.3. The first kappa shape index (κ1) is 14.5. The molecule has 21 heavy (non-hydrogen) atoms. The van der Waals surface area contributed by atoms with Crippen LogP contribution in [-0.4, -0.2) is 17.8 Å². The van der Waals surface area contributed by atoms with Gasteiger partial charge < -0.3 is 5.73 Å². The molecule has 1 aromatic carbocycles. The Kier molecular flexibility index (Phi) is 3.53. The van der Waals surface area contributed by atoms with Gasteiger partial charge in [0.25, 0.3) is 10.0 Å². The van der Waals surface area contributed by atoms with Gasteiger partial charge in [-0.1, -0.05) is 0 Å². The van der Waals surface area contributed by atoms with E-state index in [1.165, 1.54) is 33.9 Å². The van der Waals surface area contributed by atoms with Crippen molar-refractivity contribution in [1.82, 2.24) is 9.38 Å². The number of nitrogens with zero attached hydrogens (tertiary/aromatic N) is 2. The van der Waals surface area contributed by atoms with Crippen LogP contribution in [-0.2, 0) is 10.0 Å². The molecule has 3 aromatic rings. The van der Waals surface area contributed by atoms with Crippen molar-refractivity contribution >= 4 is 60.4 Å². The summed E-state index contributed by atoms with van der Waals surface area (Å²) in [5.41, 5.74) is 5.97. The number of anilines is 2. The van der Waals surface area contributed by atoms with Crippen LogP contribution in [0.4, 0.5) is 15.9 Å². The molecule has 0 unspecified atom stereocenters. The van der Waals surface area contributed by atoms with Crippen LogP contribution in [0.3, 0.4) is 0 Å². The van der Waals surface area contributed by atoms with Crippen LogP contribution in [0.1, 0.15) is 0 Å². The summed E-state index contributed by atoms with van der Waals surface area (Å²) in [5, 5.41) is 1.58. The number of rotatable bonds is 3. The van der Waals surface area contributed by atoms with E-state index in [4.69, 9.17) is 5.73 Å². The number of hydrogen-bond donors (Lipinski definition) is 2. The number of aromatic nitrogens is 2. The molecule has 0 bridgehead atoms. The van der Waals surface area contributed by atoms with Crippen LogP contribution < -0.4 is 10.5 Å². The maximum Gasteiger partial charge on any atom is 0.281 e. The summed E-state index contributed by atoms with van der Waals surface area (Å²) in [5.74, 6) is -0.516. The minimum absolute atomic E-state index is 0.0773. The molecule has 3 N–H and O–H groups in total. The monoisotopic (exact) mass is 438 g/mol. The van der Waals surface area contributed by atoms with Crippen molar-refractivity contribution in [1.29, 1.82) is 0 Å². The predicted molar refractivity (Wildman–Crippen MR) is 87.4 cm³/mol. The Morgan fingerprint density at radius 3 is 2.90 bits per heavy atom. The second-order valence-corrected chi connectivity index (χ2v) is 7.72. The van der Waals surface area contributed by atoms with Gasteiger partial charge in [-0.3, -0.25) is 9.12 Å². The molecule has 0 amide bonds. The number of nitrogens with one attached hydrogen (secondary N) is 1. The average molecular weight is 438 g/mol. The smallest absolute Gasteiger partial charge is 0.281 e. The van der Waals surface area contributed by atoms with E-state index in [0.717, 1.165) is 0 Å². The molecule has 0 aliphatic heterocycles. The van der Waals surface area contributed by atoms with Gasteiger partial charge in [0.05, 0.1) is 5.69 Å². The first-order chi connectivity index (χ1) is 9.88. The molecule has 0 spiro atoms. The zero-order valence-electron chi connectivity index (χ0n) is 10.2. The van der Waals surface area contributed by atoms with Crippen LogP contribution >= 0.6 is 33.9 Å². The second-order valence-electron chi connectivity index (χ2n) is 4.09. The molecule has 6 nitrogen and oxygen atoms in total. The Balaban J connectivity index is 2.08. The Morgan fingerprint density at radius 1 is 1.43 bits per heavy atom. The fourth-order valence-electron chi connectivity index (χ4n) is 1.81. The van der Waals surface area contributed by atoms with Gasteiger partial charge in [-0.2, -0.15) is 8.42 Å². The molecule has 0 aliphatic rings. The van der Waals surface area contributed by atoms with Crippen molar-refractivity contribution in [2.24, 2.45) is 0 Å². The molecular formula is C11H8FIN4O2S2. The van der Waals surface area contributed by atoms with E-state index in [9.17, 15) is 12.8 Å². The van der Waals surface area contributed by atoms with Gasteiger partial charge in [0.1, 0.15) is 5.82 Å². The Labute approximate surface area is 137 Å². The molecule has 0 saturated carbocycles. The summed E-state index contributed by atoms with van der Waals surface area (Å²) >= 11 is 3.13. The highest BCUT2D eigenvalue weighted by molar-refractivity contribution is 14.1. The van der Waals surface area contributed by atoms with Crippen molar-refractivity contribution in [3.63, 3.8) is 0 Å². The number of imidazole rings is 1. The highest BCUT2D eigenvalue weighted by atomic mass is 127. The fraction of sp³-hybridized carbons (Fsp3) is 0. The molecule has 0 aliphatic carbocycles. The summed E-state index contributed by atoms with van der Waals surface area (Å²) in [6, 6.07) is 3.77. The zero-order valence-corrected chi connectivity index (χ0v) is 14.0. The lowest BCUT2D eigenvalue weighted by Gasteiger charge is -2.09. The average Bonchev–Trinajstić information content (AvgIpc) is 2.91. The number of hydrogen-bond acceptors (Lipinski definition) is 5. The van der Waals surface area contributed by atoms with Crippen LogP contribution in [0.5, 0.6) is 0 Å². The number of nitrogens with two attached hydrogens (primary N) is 1. The lowest BCUT2D eigenvalue weighted by Crippen LogP contribution is -2.17. The molecule has 110 valence electrons. The van der Waals surface area contributed by atoms with Gasteiger partial charge in [0.2, 0.25) is 5.03 Å². The second kappa shape index (κ2) is 5.10. The highest BCUT2D eigenvalue weighted by Crippen LogP contribution is 2.27. The van der Waals surface area contributed by atoms with E-state index in [0.29, 0.717) is 8.53 Å². The summed E-state index contributed by atoms with van der Waals surface area (Å²) in [6.07, 6.45) is 1.58. The lowest BCUT2D eigenvalue weighted by molar-refractivity contribution is 0.597. The summed E-state index contributed by atoms with van der Waals surface area (Å²) in [4.78, 5) is 4.48. The van der Waals surface area contributed by atoms with Gasteiger partial charge in [-0.15, -0.1) is 11.3 Å². The third-order valence-electron chi connectivity index (χ3n) is 2.67. The van der Waals surface area contributed by atoms with Crippen molar-refractivity contribution < 1.29 is 12.8 Å². The van der Waals surface area contributed by atoms with E-state index >= 15 is 0 Å². The first-order valence-corrected chi connectivity index (χ1v) is 9.01. The normalized spacial score (nSPS) is 11.9. The number of sulfonamides is 1. The van der Waals surface area contributed by atoms with Crippen molar-refractivity contribution in [3.8, 4) is 0 Å². The maximum absolute atomic E-state index is 13.1. The van der Waals surface area contributed by atoms with Gasteiger partial charge in [0.15, 0.2) is 10.8 Å². The van der Waals surface area contributed by atoms with Gasteiger partial charge in [-0.25, -0.2) is 9.37 Å². The van der Waals surface area contributed by atoms with Gasteiger partial charge in [-0.05, 0) is 40.8 Å². The van der Waals surface area contributed by atoms with E-state index in [1.807, 2.05) is 22.6 Å². The molecule has 10 heteroatoms. The minimum Gasteiger partial charge on any atom is -0.381 e. The van der Waals surface area contributed by atoms with E-state index in [1.54, 1.807) is 11.6 Å². The Bertz CT molecular complexity index is 935. The maximum atomic E-state index is 13.1. The first-order valence-electron chi connectivity index (χ1n) is 5.57. The number of fused-ring (bicyclic) bond motifs is 1. The van der Waals surface area contributed by atoms with Crippen molar-refractivity contribution in [2.45, 2.75) is 5.03 Å². The Hall–Kier alpha value is -1.40. The molecule has 2 aromatic heterocycles. The zero-order chi connectivity index (χ0) is 15.2. The minimum atomic E-state index is -3.93. The van der Waals surface area contributed by atoms with Gasteiger partial charge in [0, 0.05) is 15.1 Å². The number of thiazole rings is 1. The molecule has 2 heterocycles. The molecule has 3 rings (SSSR count). The van der Waals surface area contributed by atoms with Crippen molar-refractivity contribution in [2.75, 3.05) is 10.5 Å². The third kappa shape index (κ3) is 2.58. The standard InChI is InChI=1S/C11H8FIN4O2S2/c12-6-1-2-8(7(13)5-6)16-21(18,19)10-9(14)15-11-17(10)3-4-20-11/h1-5,16H,14H2. The van der Waals surface area contributed by atoms with E-state index in [2.05, 4.69) is 9.71 Å².